The highest BCUT2D eigenvalue weighted by Crippen LogP contribution is 2.36. The summed E-state index contributed by atoms with van der Waals surface area (Å²) in [5, 5.41) is 5.40. The Bertz CT molecular complexity index is 806. The van der Waals surface area contributed by atoms with Gasteiger partial charge in [-0.2, -0.15) is 18.3 Å². The van der Waals surface area contributed by atoms with Crippen LogP contribution in [0.3, 0.4) is 0 Å². The summed E-state index contributed by atoms with van der Waals surface area (Å²) in [5.74, 6) is -0.811. The molecule has 114 valence electrons. The lowest BCUT2D eigenvalue weighted by Crippen LogP contribution is -2.16. The van der Waals surface area contributed by atoms with Crippen LogP contribution in [-0.2, 0) is 6.18 Å². The van der Waals surface area contributed by atoms with Crippen LogP contribution < -0.4 is 5.73 Å². The summed E-state index contributed by atoms with van der Waals surface area (Å²) in [6, 6.07) is 7.54. The Labute approximate surface area is 126 Å². The molecule has 0 aliphatic heterocycles. The molecule has 2 heterocycles. The molecule has 0 amide bonds. The van der Waals surface area contributed by atoms with Crippen LogP contribution in [0.15, 0.2) is 41.9 Å². The van der Waals surface area contributed by atoms with Crippen LogP contribution >= 0.6 is 11.3 Å². The van der Waals surface area contributed by atoms with E-state index in [0.29, 0.717) is 10.2 Å². The zero-order valence-corrected chi connectivity index (χ0v) is 11.7. The first-order chi connectivity index (χ1) is 10.4. The lowest BCUT2D eigenvalue weighted by atomic mass is 10.1. The number of nitrogens with zero attached hydrogens (tertiary/aromatic N) is 2. The number of aromatic nitrogens is 2. The van der Waals surface area contributed by atoms with E-state index in [9.17, 15) is 17.6 Å². The van der Waals surface area contributed by atoms with Gasteiger partial charge in [-0.15, -0.1) is 11.3 Å². The fourth-order valence-corrected chi connectivity index (χ4v) is 2.82. The molecule has 0 fully saturated rings. The smallest absolute Gasteiger partial charge is 0.396 e. The van der Waals surface area contributed by atoms with Crippen molar-refractivity contribution in [1.29, 1.82) is 0 Å². The highest BCUT2D eigenvalue weighted by Gasteiger charge is 2.38. The van der Waals surface area contributed by atoms with E-state index in [4.69, 9.17) is 5.73 Å². The van der Waals surface area contributed by atoms with E-state index >= 15 is 0 Å². The van der Waals surface area contributed by atoms with Gasteiger partial charge in [-0.3, -0.25) is 0 Å². The van der Waals surface area contributed by atoms with Crippen molar-refractivity contribution >= 4 is 17.0 Å². The first-order valence-electron chi connectivity index (χ1n) is 6.12. The number of nitrogen functional groups attached to an aromatic ring is 1. The van der Waals surface area contributed by atoms with E-state index in [1.54, 1.807) is 12.1 Å². The molecule has 3 rings (SSSR count). The number of anilines is 1. The maximum absolute atomic E-state index is 14.0. The number of alkyl halides is 3. The number of halogens is 4. The minimum absolute atomic E-state index is 0.296. The average molecular weight is 327 g/mol. The number of nitrogens with two attached hydrogens (primary N) is 1. The molecule has 0 radical (unpaired) electrons. The van der Waals surface area contributed by atoms with Gasteiger partial charge in [0, 0.05) is 4.88 Å². The molecule has 1 aromatic carbocycles. The highest BCUT2D eigenvalue weighted by molar-refractivity contribution is 7.13. The van der Waals surface area contributed by atoms with Crippen molar-refractivity contribution in [3.63, 3.8) is 0 Å². The number of rotatable bonds is 2. The summed E-state index contributed by atoms with van der Waals surface area (Å²) in [6.07, 6.45) is -3.87. The maximum atomic E-state index is 14.0. The van der Waals surface area contributed by atoms with Gasteiger partial charge in [0.2, 0.25) is 0 Å². The lowest BCUT2D eigenvalue weighted by molar-refractivity contribution is -0.142. The molecule has 2 N–H and O–H groups in total. The van der Waals surface area contributed by atoms with Crippen LogP contribution in [0, 0.1) is 5.82 Å². The van der Waals surface area contributed by atoms with E-state index in [1.807, 2.05) is 5.38 Å². The maximum Gasteiger partial charge on any atom is 0.435 e. The average Bonchev–Trinajstić information content (AvgIpc) is 3.07. The molecule has 8 heteroatoms. The molecule has 0 saturated carbocycles. The van der Waals surface area contributed by atoms with Crippen LogP contribution in [0.25, 0.3) is 16.1 Å². The molecule has 0 aliphatic rings. The second kappa shape index (κ2) is 5.13. The third-order valence-electron chi connectivity index (χ3n) is 3.05. The molecule has 3 nitrogen and oxygen atoms in total. The molecule has 0 saturated heterocycles. The molecule has 0 spiro atoms. The number of benzene rings is 1. The van der Waals surface area contributed by atoms with Crippen LogP contribution in [-0.4, -0.2) is 9.78 Å². The van der Waals surface area contributed by atoms with E-state index in [1.165, 1.54) is 23.5 Å². The number of hydrogen-bond acceptors (Lipinski definition) is 3. The second-order valence-electron chi connectivity index (χ2n) is 4.50. The fraction of sp³-hybridized carbons (Fsp3) is 0.0714. The summed E-state index contributed by atoms with van der Waals surface area (Å²) in [7, 11) is 0. The van der Waals surface area contributed by atoms with Crippen molar-refractivity contribution in [2.45, 2.75) is 6.18 Å². The van der Waals surface area contributed by atoms with Crippen LogP contribution in [0.1, 0.15) is 5.69 Å². The molecule has 0 atom stereocenters. The van der Waals surface area contributed by atoms with Gasteiger partial charge in [-0.1, -0.05) is 12.1 Å². The number of hydrogen-bond donors (Lipinski definition) is 1. The molecular weight excluding hydrogens is 318 g/mol. The Morgan fingerprint density at radius 3 is 2.59 bits per heavy atom. The first kappa shape index (κ1) is 14.6. The van der Waals surface area contributed by atoms with E-state index in [2.05, 4.69) is 5.10 Å². The molecule has 0 bridgehead atoms. The SMILES string of the molecule is Nc1cnn(-c2cc(-c3cccs3)ccc2F)c1C(F)(F)F. The Balaban J connectivity index is 2.19. The lowest BCUT2D eigenvalue weighted by Gasteiger charge is -2.12. The van der Waals surface area contributed by atoms with Crippen molar-refractivity contribution in [3.05, 3.63) is 53.4 Å². The van der Waals surface area contributed by atoms with E-state index in [-0.39, 0.29) is 5.69 Å². The molecule has 0 aliphatic carbocycles. The third kappa shape index (κ3) is 2.45. The largest absolute Gasteiger partial charge is 0.435 e. The van der Waals surface area contributed by atoms with Gasteiger partial charge in [0.25, 0.3) is 0 Å². The summed E-state index contributed by atoms with van der Waals surface area (Å²) in [4.78, 5) is 0.815. The van der Waals surface area contributed by atoms with Crippen LogP contribution in [0.4, 0.5) is 23.2 Å². The standard InChI is InChI=1S/C14H9F4N3S/c15-9-4-3-8(12-2-1-5-22-12)6-11(9)21-13(14(16,17)18)10(19)7-20-21/h1-7H,19H2. The normalized spacial score (nSPS) is 11.8. The van der Waals surface area contributed by atoms with Gasteiger partial charge >= 0.3 is 6.18 Å². The van der Waals surface area contributed by atoms with Crippen molar-refractivity contribution in [1.82, 2.24) is 9.78 Å². The quantitative estimate of drug-likeness (QED) is 0.712. The molecular formula is C14H9F4N3S. The predicted molar refractivity (Wildman–Crippen MR) is 76.2 cm³/mol. The van der Waals surface area contributed by atoms with E-state index in [0.717, 1.165) is 17.1 Å². The van der Waals surface area contributed by atoms with Crippen LogP contribution in [0.2, 0.25) is 0 Å². The van der Waals surface area contributed by atoms with Gasteiger partial charge in [-0.05, 0) is 29.1 Å². The summed E-state index contributed by atoms with van der Waals surface area (Å²) < 4.78 is 53.7. The van der Waals surface area contributed by atoms with Crippen molar-refractivity contribution in [3.8, 4) is 16.1 Å². The van der Waals surface area contributed by atoms with Gasteiger partial charge in [-0.25, -0.2) is 9.07 Å². The Morgan fingerprint density at radius 2 is 1.95 bits per heavy atom. The minimum atomic E-state index is -4.73. The fourth-order valence-electron chi connectivity index (χ4n) is 2.10. The molecule has 2 aromatic heterocycles. The van der Waals surface area contributed by atoms with Crippen molar-refractivity contribution < 1.29 is 17.6 Å². The van der Waals surface area contributed by atoms with Gasteiger partial charge in [0.05, 0.1) is 11.9 Å². The summed E-state index contributed by atoms with van der Waals surface area (Å²) >= 11 is 1.40. The Kier molecular flexibility index (Phi) is 3.40. The summed E-state index contributed by atoms with van der Waals surface area (Å²) in [5.41, 5.74) is 3.90. The van der Waals surface area contributed by atoms with Gasteiger partial charge in [0.1, 0.15) is 11.5 Å². The molecule has 0 unspecified atom stereocenters. The summed E-state index contributed by atoms with van der Waals surface area (Å²) in [6.45, 7) is 0. The molecule has 22 heavy (non-hydrogen) atoms. The van der Waals surface area contributed by atoms with Crippen molar-refractivity contribution in [2.75, 3.05) is 5.73 Å². The van der Waals surface area contributed by atoms with Gasteiger partial charge < -0.3 is 5.73 Å². The Hall–Kier alpha value is -2.35. The Morgan fingerprint density at radius 1 is 1.18 bits per heavy atom. The second-order valence-corrected chi connectivity index (χ2v) is 5.45. The highest BCUT2D eigenvalue weighted by atomic mass is 32.1. The van der Waals surface area contributed by atoms with E-state index < -0.39 is 23.4 Å². The zero-order chi connectivity index (χ0) is 15.9. The minimum Gasteiger partial charge on any atom is -0.396 e. The molecule has 3 aromatic rings. The topological polar surface area (TPSA) is 43.8 Å². The van der Waals surface area contributed by atoms with Crippen molar-refractivity contribution in [2.24, 2.45) is 0 Å². The third-order valence-corrected chi connectivity index (χ3v) is 3.96. The van der Waals surface area contributed by atoms with Crippen LogP contribution in [0.5, 0.6) is 0 Å². The predicted octanol–water partition coefficient (Wildman–Crippen LogP) is 4.34. The monoisotopic (exact) mass is 327 g/mol. The first-order valence-corrected chi connectivity index (χ1v) is 7.00. The number of thiophene rings is 1. The van der Waals surface area contributed by atoms with Gasteiger partial charge in [0.15, 0.2) is 5.69 Å². The zero-order valence-electron chi connectivity index (χ0n) is 10.9.